The van der Waals surface area contributed by atoms with Gasteiger partial charge in [-0.1, -0.05) is 0 Å². The lowest BCUT2D eigenvalue weighted by Gasteiger charge is -2.26. The predicted octanol–water partition coefficient (Wildman–Crippen LogP) is 1.25. The maximum absolute atomic E-state index is 11.5. The van der Waals surface area contributed by atoms with E-state index in [4.69, 9.17) is 5.11 Å². The van der Waals surface area contributed by atoms with Crippen LogP contribution in [0, 0.1) is 10.1 Å². The molecule has 8 nitrogen and oxygen atoms in total. The average molecular weight is 295 g/mol. The molecule has 0 atom stereocenters. The van der Waals surface area contributed by atoms with Crippen molar-refractivity contribution in [3.8, 4) is 0 Å². The Kier molecular flexibility index (Phi) is 5.23. The van der Waals surface area contributed by atoms with E-state index in [2.05, 4.69) is 5.32 Å². The molecule has 0 heterocycles. The second-order valence-corrected chi connectivity index (χ2v) is 4.66. The maximum Gasteiger partial charge on any atom is 0.323 e. The van der Waals surface area contributed by atoms with E-state index in [9.17, 15) is 19.7 Å². The molecule has 1 rings (SSSR count). The van der Waals surface area contributed by atoms with Gasteiger partial charge in [0, 0.05) is 24.7 Å². The Morgan fingerprint density at radius 1 is 1.43 bits per heavy atom. The zero-order valence-electron chi connectivity index (χ0n) is 12.0. The summed E-state index contributed by atoms with van der Waals surface area (Å²) in [4.78, 5) is 34.4. The Labute approximate surface area is 121 Å². The molecule has 0 bridgehead atoms. The summed E-state index contributed by atoms with van der Waals surface area (Å²) in [6, 6.07) is 3.72. The molecule has 114 valence electrons. The first kappa shape index (κ1) is 16.4. The second-order valence-electron chi connectivity index (χ2n) is 4.66. The fourth-order valence-corrected chi connectivity index (χ4v) is 1.89. The van der Waals surface area contributed by atoms with Crippen molar-refractivity contribution in [2.24, 2.45) is 0 Å². The van der Waals surface area contributed by atoms with Gasteiger partial charge in [0.1, 0.15) is 12.2 Å². The highest BCUT2D eigenvalue weighted by molar-refractivity contribution is 5.95. The van der Waals surface area contributed by atoms with E-state index >= 15 is 0 Å². The number of carbonyl (C=O) groups excluding carboxylic acids is 1. The Bertz CT molecular complexity index is 571. The monoisotopic (exact) mass is 295 g/mol. The predicted molar refractivity (Wildman–Crippen MR) is 76.6 cm³/mol. The van der Waals surface area contributed by atoms with E-state index in [-0.39, 0.29) is 29.5 Å². The third-order valence-corrected chi connectivity index (χ3v) is 2.90. The van der Waals surface area contributed by atoms with Gasteiger partial charge in [0.25, 0.3) is 11.6 Å². The van der Waals surface area contributed by atoms with E-state index in [1.54, 1.807) is 13.8 Å². The fourth-order valence-electron chi connectivity index (χ4n) is 1.89. The largest absolute Gasteiger partial charge is 0.480 e. The molecule has 0 aliphatic carbocycles. The molecule has 8 heteroatoms. The highest BCUT2D eigenvalue weighted by atomic mass is 16.6. The number of nitro benzene ring substituents is 1. The number of benzene rings is 1. The normalized spacial score (nSPS) is 10.3. The van der Waals surface area contributed by atoms with Crippen LogP contribution in [0.1, 0.15) is 24.2 Å². The SMILES string of the molecule is CNC(=O)c1ccc(N(CC(=O)O)C(C)C)c([N+](=O)[O-])c1. The molecule has 0 aliphatic rings. The van der Waals surface area contributed by atoms with Crippen LogP contribution in [0.4, 0.5) is 11.4 Å². The van der Waals surface area contributed by atoms with Crippen molar-refractivity contribution < 1.29 is 19.6 Å². The first-order valence-electron chi connectivity index (χ1n) is 6.26. The summed E-state index contributed by atoms with van der Waals surface area (Å²) in [7, 11) is 1.42. The zero-order chi connectivity index (χ0) is 16.2. The zero-order valence-corrected chi connectivity index (χ0v) is 12.0. The molecule has 1 amide bonds. The van der Waals surface area contributed by atoms with Crippen molar-refractivity contribution in [3.63, 3.8) is 0 Å². The molecular weight excluding hydrogens is 278 g/mol. The van der Waals surface area contributed by atoms with Gasteiger partial charge in [0.15, 0.2) is 0 Å². The van der Waals surface area contributed by atoms with E-state index in [1.165, 1.54) is 24.1 Å². The van der Waals surface area contributed by atoms with E-state index in [1.807, 2.05) is 0 Å². The molecule has 1 aromatic rings. The molecule has 2 N–H and O–H groups in total. The van der Waals surface area contributed by atoms with E-state index in [0.717, 1.165) is 6.07 Å². The minimum absolute atomic E-state index is 0.145. The minimum Gasteiger partial charge on any atom is -0.480 e. The summed E-state index contributed by atoms with van der Waals surface area (Å²) in [5, 5.41) is 22.5. The smallest absolute Gasteiger partial charge is 0.323 e. The van der Waals surface area contributed by atoms with Crippen LogP contribution in [0.15, 0.2) is 18.2 Å². The van der Waals surface area contributed by atoms with Crippen LogP contribution in [-0.2, 0) is 4.79 Å². The van der Waals surface area contributed by atoms with Crippen molar-refractivity contribution in [2.45, 2.75) is 19.9 Å². The molecule has 0 spiro atoms. The fraction of sp³-hybridized carbons (Fsp3) is 0.385. The van der Waals surface area contributed by atoms with Crippen molar-refractivity contribution in [2.75, 3.05) is 18.5 Å². The molecular formula is C13H17N3O5. The van der Waals surface area contributed by atoms with Gasteiger partial charge < -0.3 is 15.3 Å². The van der Waals surface area contributed by atoms with Crippen molar-refractivity contribution in [3.05, 3.63) is 33.9 Å². The van der Waals surface area contributed by atoms with Crippen LogP contribution >= 0.6 is 0 Å². The van der Waals surface area contributed by atoms with Gasteiger partial charge in [-0.3, -0.25) is 19.7 Å². The standard InChI is InChI=1S/C13H17N3O5/c1-8(2)15(7-12(17)18)10-5-4-9(13(19)14-3)6-11(10)16(20)21/h4-6,8H,7H2,1-3H3,(H,14,19)(H,17,18). The van der Waals surface area contributed by atoms with E-state index in [0.29, 0.717) is 0 Å². The van der Waals surface area contributed by atoms with Gasteiger partial charge in [0.05, 0.1) is 4.92 Å². The topological polar surface area (TPSA) is 113 Å². The van der Waals surface area contributed by atoms with Gasteiger partial charge >= 0.3 is 5.97 Å². The van der Waals surface area contributed by atoms with Crippen molar-refractivity contribution >= 4 is 23.3 Å². The first-order valence-corrected chi connectivity index (χ1v) is 6.26. The lowest BCUT2D eigenvalue weighted by atomic mass is 10.1. The Morgan fingerprint density at radius 3 is 2.48 bits per heavy atom. The number of carbonyl (C=O) groups is 2. The summed E-state index contributed by atoms with van der Waals surface area (Å²) in [6.07, 6.45) is 0. The number of anilines is 1. The van der Waals surface area contributed by atoms with Gasteiger partial charge in [0.2, 0.25) is 0 Å². The summed E-state index contributed by atoms with van der Waals surface area (Å²) < 4.78 is 0. The number of hydrogen-bond donors (Lipinski definition) is 2. The average Bonchev–Trinajstić information content (AvgIpc) is 2.42. The lowest BCUT2D eigenvalue weighted by Crippen LogP contribution is -2.36. The number of carboxylic acid groups (broad SMARTS) is 1. The molecule has 0 radical (unpaired) electrons. The summed E-state index contributed by atoms with van der Waals surface area (Å²) >= 11 is 0. The number of nitrogens with one attached hydrogen (secondary N) is 1. The third kappa shape index (κ3) is 3.91. The van der Waals surface area contributed by atoms with Gasteiger partial charge in [-0.05, 0) is 26.0 Å². The highest BCUT2D eigenvalue weighted by Crippen LogP contribution is 2.30. The number of nitro groups is 1. The number of rotatable bonds is 6. The van der Waals surface area contributed by atoms with Gasteiger partial charge in [-0.25, -0.2) is 0 Å². The number of nitrogens with zero attached hydrogens (tertiary/aromatic N) is 2. The molecule has 1 aromatic carbocycles. The van der Waals surface area contributed by atoms with Crippen LogP contribution in [0.3, 0.4) is 0 Å². The van der Waals surface area contributed by atoms with Crippen molar-refractivity contribution in [1.29, 1.82) is 0 Å². The number of amides is 1. The summed E-state index contributed by atoms with van der Waals surface area (Å²) in [6.45, 7) is 3.11. The van der Waals surface area contributed by atoms with Crippen LogP contribution in [0.2, 0.25) is 0 Å². The van der Waals surface area contributed by atoms with E-state index < -0.39 is 16.8 Å². The van der Waals surface area contributed by atoms with Crippen LogP contribution < -0.4 is 10.2 Å². The second kappa shape index (κ2) is 6.69. The molecule has 0 unspecified atom stereocenters. The van der Waals surface area contributed by atoms with Gasteiger partial charge in [-0.2, -0.15) is 0 Å². The Morgan fingerprint density at radius 2 is 2.05 bits per heavy atom. The minimum atomic E-state index is -1.09. The number of hydrogen-bond acceptors (Lipinski definition) is 5. The van der Waals surface area contributed by atoms with Crippen LogP contribution in [0.5, 0.6) is 0 Å². The Balaban J connectivity index is 3.36. The van der Waals surface area contributed by atoms with Crippen molar-refractivity contribution in [1.82, 2.24) is 5.32 Å². The first-order chi connectivity index (χ1) is 9.77. The van der Waals surface area contributed by atoms with Gasteiger partial charge in [-0.15, -0.1) is 0 Å². The lowest BCUT2D eigenvalue weighted by molar-refractivity contribution is -0.384. The molecule has 0 aliphatic heterocycles. The highest BCUT2D eigenvalue weighted by Gasteiger charge is 2.24. The maximum atomic E-state index is 11.5. The number of aliphatic carboxylic acids is 1. The molecule has 0 fully saturated rings. The molecule has 0 saturated carbocycles. The quantitative estimate of drug-likeness (QED) is 0.603. The molecule has 21 heavy (non-hydrogen) atoms. The molecule has 0 saturated heterocycles. The summed E-state index contributed by atoms with van der Waals surface area (Å²) in [5.74, 6) is -1.53. The Hall–Kier alpha value is -2.64. The molecule has 0 aromatic heterocycles. The van der Waals surface area contributed by atoms with Crippen LogP contribution in [0.25, 0.3) is 0 Å². The summed E-state index contributed by atoms with van der Waals surface area (Å²) in [5.41, 5.74) is 0.0167. The van der Waals surface area contributed by atoms with Crippen LogP contribution in [-0.4, -0.2) is 41.5 Å². The third-order valence-electron chi connectivity index (χ3n) is 2.90. The number of carboxylic acids is 1.